The molecular weight excluding hydrogens is 286 g/mol. The third kappa shape index (κ3) is 5.87. The predicted molar refractivity (Wildman–Crippen MR) is 95.6 cm³/mol. The van der Waals surface area contributed by atoms with Crippen molar-refractivity contribution in [2.75, 3.05) is 26.2 Å². The average molecular weight is 317 g/mol. The van der Waals surface area contributed by atoms with E-state index < -0.39 is 0 Å². The first-order valence-corrected chi connectivity index (χ1v) is 8.88. The van der Waals surface area contributed by atoms with Crippen molar-refractivity contribution in [3.8, 4) is 0 Å². The maximum Gasteiger partial charge on any atom is 0.314 e. The fourth-order valence-corrected chi connectivity index (χ4v) is 3.03. The van der Waals surface area contributed by atoms with E-state index in [9.17, 15) is 4.79 Å². The molecule has 1 unspecified atom stereocenters. The number of hydrogen-bond acceptors (Lipinski definition) is 2. The summed E-state index contributed by atoms with van der Waals surface area (Å²) in [4.78, 5) is 14.5. The van der Waals surface area contributed by atoms with Crippen molar-refractivity contribution < 1.29 is 4.79 Å². The Morgan fingerprint density at radius 1 is 1.04 bits per heavy atom. The Morgan fingerprint density at radius 2 is 1.65 bits per heavy atom. The smallest absolute Gasteiger partial charge is 0.314 e. The molecule has 0 saturated carbocycles. The SMILES string of the molecule is Cc1ccc(C(CNC(=O)NCC(C)C)N2CCCCC2)cc1. The van der Waals surface area contributed by atoms with Gasteiger partial charge in [0, 0.05) is 13.1 Å². The van der Waals surface area contributed by atoms with Crippen LogP contribution in [0.4, 0.5) is 4.79 Å². The number of piperidine rings is 1. The number of carbonyl (C=O) groups excluding carboxylic acids is 1. The summed E-state index contributed by atoms with van der Waals surface area (Å²) in [5.74, 6) is 0.468. The van der Waals surface area contributed by atoms with Crippen molar-refractivity contribution >= 4 is 6.03 Å². The number of carbonyl (C=O) groups is 1. The van der Waals surface area contributed by atoms with E-state index in [1.54, 1.807) is 0 Å². The lowest BCUT2D eigenvalue weighted by Crippen LogP contribution is -2.44. The lowest BCUT2D eigenvalue weighted by molar-refractivity contribution is 0.160. The molecule has 0 aromatic heterocycles. The van der Waals surface area contributed by atoms with Crippen LogP contribution in [0, 0.1) is 12.8 Å². The minimum atomic E-state index is -0.0622. The second-order valence-electron chi connectivity index (χ2n) is 7.01. The van der Waals surface area contributed by atoms with Crippen LogP contribution in [0.25, 0.3) is 0 Å². The van der Waals surface area contributed by atoms with E-state index in [1.807, 2.05) is 0 Å². The highest BCUT2D eigenvalue weighted by atomic mass is 16.2. The molecule has 0 bridgehead atoms. The molecular formula is C19H31N3O. The molecule has 2 N–H and O–H groups in total. The van der Waals surface area contributed by atoms with Crippen LogP contribution in [-0.4, -0.2) is 37.1 Å². The van der Waals surface area contributed by atoms with Crippen LogP contribution in [0.15, 0.2) is 24.3 Å². The number of urea groups is 1. The molecule has 4 heteroatoms. The largest absolute Gasteiger partial charge is 0.338 e. The highest BCUT2D eigenvalue weighted by Crippen LogP contribution is 2.24. The van der Waals surface area contributed by atoms with Crippen LogP contribution in [0.5, 0.6) is 0 Å². The van der Waals surface area contributed by atoms with Gasteiger partial charge in [-0.05, 0) is 44.3 Å². The van der Waals surface area contributed by atoms with Crippen molar-refractivity contribution in [3.63, 3.8) is 0 Å². The lowest BCUT2D eigenvalue weighted by Gasteiger charge is -2.35. The second kappa shape index (κ2) is 8.92. The molecule has 128 valence electrons. The molecule has 2 amide bonds. The first-order chi connectivity index (χ1) is 11.1. The molecule has 0 spiro atoms. The molecule has 1 heterocycles. The van der Waals surface area contributed by atoms with Gasteiger partial charge in [-0.1, -0.05) is 50.1 Å². The predicted octanol–water partition coefficient (Wildman–Crippen LogP) is 3.48. The van der Waals surface area contributed by atoms with E-state index in [1.165, 1.54) is 30.4 Å². The summed E-state index contributed by atoms with van der Waals surface area (Å²) < 4.78 is 0. The number of amides is 2. The Morgan fingerprint density at radius 3 is 2.26 bits per heavy atom. The van der Waals surface area contributed by atoms with Gasteiger partial charge in [0.25, 0.3) is 0 Å². The molecule has 1 aromatic rings. The standard InChI is InChI=1S/C19H31N3O/c1-15(2)13-20-19(23)21-14-18(22-11-5-4-6-12-22)17-9-7-16(3)8-10-17/h7-10,15,18H,4-6,11-14H2,1-3H3,(H2,20,21,23). The van der Waals surface area contributed by atoms with Gasteiger partial charge in [-0.2, -0.15) is 0 Å². The summed E-state index contributed by atoms with van der Waals surface area (Å²) >= 11 is 0. The third-order valence-corrected chi connectivity index (χ3v) is 4.42. The Labute approximate surface area is 140 Å². The van der Waals surface area contributed by atoms with Crippen molar-refractivity contribution in [1.29, 1.82) is 0 Å². The number of likely N-dealkylation sites (tertiary alicyclic amines) is 1. The van der Waals surface area contributed by atoms with E-state index in [0.29, 0.717) is 19.0 Å². The van der Waals surface area contributed by atoms with Gasteiger partial charge in [0.1, 0.15) is 0 Å². The van der Waals surface area contributed by atoms with Gasteiger partial charge in [-0.25, -0.2) is 4.79 Å². The average Bonchev–Trinajstić information content (AvgIpc) is 2.55. The van der Waals surface area contributed by atoms with E-state index in [2.05, 4.69) is 60.6 Å². The van der Waals surface area contributed by atoms with Gasteiger partial charge in [-0.3, -0.25) is 4.90 Å². The molecule has 0 aliphatic carbocycles. The molecule has 1 fully saturated rings. The molecule has 1 saturated heterocycles. The summed E-state index contributed by atoms with van der Waals surface area (Å²) in [5.41, 5.74) is 2.57. The number of benzene rings is 1. The summed E-state index contributed by atoms with van der Waals surface area (Å²) in [6.45, 7) is 9.92. The summed E-state index contributed by atoms with van der Waals surface area (Å²) in [6, 6.07) is 8.91. The number of nitrogens with zero attached hydrogens (tertiary/aromatic N) is 1. The van der Waals surface area contributed by atoms with Gasteiger partial charge in [0.15, 0.2) is 0 Å². The van der Waals surface area contributed by atoms with Crippen LogP contribution in [0.3, 0.4) is 0 Å². The maximum absolute atomic E-state index is 12.0. The van der Waals surface area contributed by atoms with Crippen molar-refractivity contribution in [2.24, 2.45) is 5.92 Å². The maximum atomic E-state index is 12.0. The van der Waals surface area contributed by atoms with Gasteiger partial charge in [0.05, 0.1) is 6.04 Å². The molecule has 1 aromatic carbocycles. The van der Waals surface area contributed by atoms with Crippen LogP contribution < -0.4 is 10.6 Å². The van der Waals surface area contributed by atoms with E-state index in [0.717, 1.165) is 13.1 Å². The normalized spacial score (nSPS) is 17.0. The molecule has 23 heavy (non-hydrogen) atoms. The van der Waals surface area contributed by atoms with Gasteiger partial charge in [-0.15, -0.1) is 0 Å². The highest BCUT2D eigenvalue weighted by molar-refractivity contribution is 5.73. The number of aryl methyl sites for hydroxylation is 1. The quantitative estimate of drug-likeness (QED) is 0.844. The Hall–Kier alpha value is -1.55. The van der Waals surface area contributed by atoms with Crippen LogP contribution in [0.1, 0.15) is 50.3 Å². The van der Waals surface area contributed by atoms with Crippen molar-refractivity contribution in [2.45, 2.75) is 46.1 Å². The Balaban J connectivity index is 1.98. The fraction of sp³-hybridized carbons (Fsp3) is 0.632. The minimum Gasteiger partial charge on any atom is -0.338 e. The summed E-state index contributed by atoms with van der Waals surface area (Å²) in [6.07, 6.45) is 3.82. The van der Waals surface area contributed by atoms with Crippen molar-refractivity contribution in [1.82, 2.24) is 15.5 Å². The number of hydrogen-bond donors (Lipinski definition) is 2. The molecule has 1 atom stereocenters. The summed E-state index contributed by atoms with van der Waals surface area (Å²) in [7, 11) is 0. The van der Waals surface area contributed by atoms with E-state index >= 15 is 0 Å². The lowest BCUT2D eigenvalue weighted by atomic mass is 10.0. The monoisotopic (exact) mass is 317 g/mol. The van der Waals surface area contributed by atoms with Gasteiger partial charge in [0.2, 0.25) is 0 Å². The minimum absolute atomic E-state index is 0.0622. The topological polar surface area (TPSA) is 44.4 Å². The molecule has 4 nitrogen and oxygen atoms in total. The highest BCUT2D eigenvalue weighted by Gasteiger charge is 2.22. The van der Waals surface area contributed by atoms with Crippen LogP contribution >= 0.6 is 0 Å². The third-order valence-electron chi connectivity index (χ3n) is 4.42. The molecule has 0 radical (unpaired) electrons. The zero-order valence-electron chi connectivity index (χ0n) is 14.8. The zero-order valence-corrected chi connectivity index (χ0v) is 14.8. The second-order valence-corrected chi connectivity index (χ2v) is 7.01. The first kappa shape index (κ1) is 17.8. The van der Waals surface area contributed by atoms with E-state index in [-0.39, 0.29) is 12.1 Å². The fourth-order valence-electron chi connectivity index (χ4n) is 3.03. The van der Waals surface area contributed by atoms with Crippen molar-refractivity contribution in [3.05, 3.63) is 35.4 Å². The van der Waals surface area contributed by atoms with Gasteiger partial charge >= 0.3 is 6.03 Å². The molecule has 1 aliphatic rings. The number of rotatable bonds is 6. The molecule has 2 rings (SSSR count). The van der Waals surface area contributed by atoms with Crippen LogP contribution in [-0.2, 0) is 0 Å². The van der Waals surface area contributed by atoms with E-state index in [4.69, 9.17) is 0 Å². The summed E-state index contributed by atoms with van der Waals surface area (Å²) in [5, 5.41) is 5.99. The zero-order chi connectivity index (χ0) is 16.7. The van der Waals surface area contributed by atoms with Gasteiger partial charge < -0.3 is 10.6 Å². The first-order valence-electron chi connectivity index (χ1n) is 8.88. The Bertz CT molecular complexity index is 478. The molecule has 1 aliphatic heterocycles. The van der Waals surface area contributed by atoms with Crippen LogP contribution in [0.2, 0.25) is 0 Å². The Kier molecular flexibility index (Phi) is 6.90. The number of nitrogens with one attached hydrogen (secondary N) is 2.